The zero-order valence-electron chi connectivity index (χ0n) is 11.9. The van der Waals surface area contributed by atoms with Crippen LogP contribution in [-0.2, 0) is 6.54 Å². The van der Waals surface area contributed by atoms with Gasteiger partial charge in [0.15, 0.2) is 0 Å². The van der Waals surface area contributed by atoms with Gasteiger partial charge in [0.25, 0.3) is 0 Å². The lowest BCUT2D eigenvalue weighted by Crippen LogP contribution is -2.60. The van der Waals surface area contributed by atoms with Crippen LogP contribution in [0.1, 0.15) is 26.5 Å². The third-order valence-electron chi connectivity index (χ3n) is 4.00. The minimum atomic E-state index is 0.183. The van der Waals surface area contributed by atoms with Crippen molar-refractivity contribution in [1.29, 1.82) is 0 Å². The predicted octanol–water partition coefficient (Wildman–Crippen LogP) is 1.91. The molecular weight excluding hydrogens is 236 g/mol. The zero-order chi connectivity index (χ0) is 13.5. The number of imidazole rings is 1. The smallest absolute Gasteiger partial charge is 0.137 e. The van der Waals surface area contributed by atoms with Gasteiger partial charge in [0.1, 0.15) is 5.65 Å². The van der Waals surface area contributed by atoms with Gasteiger partial charge in [0.05, 0.1) is 5.69 Å². The molecule has 1 aliphatic heterocycles. The minimum Gasteiger partial charge on any atom is -0.311 e. The van der Waals surface area contributed by atoms with Gasteiger partial charge in [-0.2, -0.15) is 0 Å². The van der Waals surface area contributed by atoms with Crippen molar-refractivity contribution in [2.24, 2.45) is 0 Å². The van der Waals surface area contributed by atoms with Crippen LogP contribution in [-0.4, -0.2) is 39.0 Å². The van der Waals surface area contributed by atoms with Gasteiger partial charge in [-0.05, 0) is 32.9 Å². The minimum absolute atomic E-state index is 0.183. The second kappa shape index (κ2) is 4.62. The van der Waals surface area contributed by atoms with Crippen molar-refractivity contribution in [1.82, 2.24) is 19.6 Å². The SMILES string of the molecule is CC1CN(Cc2cn3ccccc3n2)C(C)(C)CN1. The van der Waals surface area contributed by atoms with Crippen LogP contribution in [0.4, 0.5) is 0 Å². The molecule has 1 N–H and O–H groups in total. The van der Waals surface area contributed by atoms with E-state index in [2.05, 4.69) is 53.8 Å². The Bertz CT molecular complexity index is 539. The summed E-state index contributed by atoms with van der Waals surface area (Å²) in [6.07, 6.45) is 4.19. The van der Waals surface area contributed by atoms with E-state index in [1.165, 1.54) is 0 Å². The standard InChI is InChI=1S/C15H22N4/c1-12-8-19(15(2,3)11-16-12)10-13-9-18-7-5-4-6-14(18)17-13/h4-7,9,12,16H,8,10-11H2,1-3H3. The summed E-state index contributed by atoms with van der Waals surface area (Å²) in [4.78, 5) is 7.22. The monoisotopic (exact) mass is 258 g/mol. The molecule has 3 rings (SSSR count). The Hall–Kier alpha value is -1.39. The van der Waals surface area contributed by atoms with Crippen molar-refractivity contribution in [3.63, 3.8) is 0 Å². The molecule has 102 valence electrons. The fourth-order valence-corrected chi connectivity index (χ4v) is 2.72. The molecule has 1 saturated heterocycles. The Kier molecular flexibility index (Phi) is 3.07. The summed E-state index contributed by atoms with van der Waals surface area (Å²) in [5.74, 6) is 0. The Morgan fingerprint density at radius 1 is 1.42 bits per heavy atom. The van der Waals surface area contributed by atoms with Gasteiger partial charge in [0, 0.05) is 43.6 Å². The Morgan fingerprint density at radius 3 is 3.05 bits per heavy atom. The first-order valence-corrected chi connectivity index (χ1v) is 6.96. The van der Waals surface area contributed by atoms with Crippen LogP contribution in [0, 0.1) is 0 Å². The van der Waals surface area contributed by atoms with E-state index in [4.69, 9.17) is 4.98 Å². The van der Waals surface area contributed by atoms with Crippen molar-refractivity contribution < 1.29 is 0 Å². The second-order valence-corrected chi connectivity index (χ2v) is 6.17. The van der Waals surface area contributed by atoms with Crippen LogP contribution >= 0.6 is 0 Å². The predicted molar refractivity (Wildman–Crippen MR) is 77.1 cm³/mol. The first-order valence-electron chi connectivity index (χ1n) is 6.96. The molecular formula is C15H22N4. The van der Waals surface area contributed by atoms with E-state index in [0.29, 0.717) is 6.04 Å². The zero-order valence-corrected chi connectivity index (χ0v) is 11.9. The fraction of sp³-hybridized carbons (Fsp3) is 0.533. The third kappa shape index (κ3) is 2.51. The van der Waals surface area contributed by atoms with E-state index >= 15 is 0 Å². The quantitative estimate of drug-likeness (QED) is 0.893. The molecule has 0 bridgehead atoms. The topological polar surface area (TPSA) is 32.6 Å². The maximum Gasteiger partial charge on any atom is 0.137 e. The molecule has 4 nitrogen and oxygen atoms in total. The molecule has 3 heterocycles. The van der Waals surface area contributed by atoms with Gasteiger partial charge < -0.3 is 9.72 Å². The van der Waals surface area contributed by atoms with Gasteiger partial charge in [-0.15, -0.1) is 0 Å². The van der Waals surface area contributed by atoms with Gasteiger partial charge >= 0.3 is 0 Å². The molecule has 0 aliphatic carbocycles. The molecule has 0 radical (unpaired) electrons. The summed E-state index contributed by atoms with van der Waals surface area (Å²) in [7, 11) is 0. The highest BCUT2D eigenvalue weighted by molar-refractivity contribution is 5.39. The summed E-state index contributed by atoms with van der Waals surface area (Å²) in [5, 5.41) is 3.55. The van der Waals surface area contributed by atoms with Crippen LogP contribution in [0.25, 0.3) is 5.65 Å². The number of fused-ring (bicyclic) bond motifs is 1. The van der Waals surface area contributed by atoms with Gasteiger partial charge in [-0.1, -0.05) is 6.07 Å². The molecule has 1 aliphatic rings. The molecule has 1 fully saturated rings. The van der Waals surface area contributed by atoms with Crippen molar-refractivity contribution >= 4 is 5.65 Å². The molecule has 2 aromatic heterocycles. The van der Waals surface area contributed by atoms with Crippen molar-refractivity contribution in [2.75, 3.05) is 13.1 Å². The molecule has 1 atom stereocenters. The molecule has 0 saturated carbocycles. The third-order valence-corrected chi connectivity index (χ3v) is 4.00. The summed E-state index contributed by atoms with van der Waals surface area (Å²) in [6.45, 7) is 9.85. The fourth-order valence-electron chi connectivity index (χ4n) is 2.72. The number of pyridine rings is 1. The van der Waals surface area contributed by atoms with Crippen LogP contribution < -0.4 is 5.32 Å². The first kappa shape index (κ1) is 12.6. The molecule has 4 heteroatoms. The number of nitrogens with one attached hydrogen (secondary N) is 1. The normalized spacial score (nSPS) is 23.8. The second-order valence-electron chi connectivity index (χ2n) is 6.17. The number of hydrogen-bond donors (Lipinski definition) is 1. The van der Waals surface area contributed by atoms with Gasteiger partial charge in [0.2, 0.25) is 0 Å². The highest BCUT2D eigenvalue weighted by Crippen LogP contribution is 2.21. The van der Waals surface area contributed by atoms with Crippen LogP contribution in [0.5, 0.6) is 0 Å². The lowest BCUT2D eigenvalue weighted by Gasteiger charge is -2.45. The molecule has 0 spiro atoms. The van der Waals surface area contributed by atoms with Gasteiger partial charge in [-0.3, -0.25) is 4.90 Å². The largest absolute Gasteiger partial charge is 0.311 e. The highest BCUT2D eigenvalue weighted by Gasteiger charge is 2.32. The maximum atomic E-state index is 4.70. The molecule has 0 aromatic carbocycles. The van der Waals surface area contributed by atoms with E-state index in [0.717, 1.165) is 31.0 Å². The molecule has 0 amide bonds. The number of nitrogens with zero attached hydrogens (tertiary/aromatic N) is 3. The summed E-state index contributed by atoms with van der Waals surface area (Å²) >= 11 is 0. The van der Waals surface area contributed by atoms with Gasteiger partial charge in [-0.25, -0.2) is 4.98 Å². The average Bonchev–Trinajstić information content (AvgIpc) is 2.76. The summed E-state index contributed by atoms with van der Waals surface area (Å²) in [6, 6.07) is 6.66. The number of piperazine rings is 1. The Balaban J connectivity index is 1.83. The lowest BCUT2D eigenvalue weighted by molar-refractivity contribution is 0.0616. The lowest BCUT2D eigenvalue weighted by atomic mass is 9.97. The number of hydrogen-bond acceptors (Lipinski definition) is 3. The molecule has 2 aromatic rings. The Morgan fingerprint density at radius 2 is 2.26 bits per heavy atom. The van der Waals surface area contributed by atoms with E-state index in [1.807, 2.05) is 12.1 Å². The van der Waals surface area contributed by atoms with Crippen LogP contribution in [0.15, 0.2) is 30.6 Å². The first-order chi connectivity index (χ1) is 9.04. The van der Waals surface area contributed by atoms with Crippen molar-refractivity contribution in [2.45, 2.75) is 38.9 Å². The van der Waals surface area contributed by atoms with E-state index < -0.39 is 0 Å². The summed E-state index contributed by atoms with van der Waals surface area (Å²) < 4.78 is 2.09. The van der Waals surface area contributed by atoms with E-state index in [9.17, 15) is 0 Å². The molecule has 19 heavy (non-hydrogen) atoms. The number of rotatable bonds is 2. The highest BCUT2D eigenvalue weighted by atomic mass is 15.3. The molecule has 1 unspecified atom stereocenters. The van der Waals surface area contributed by atoms with E-state index in [1.54, 1.807) is 0 Å². The van der Waals surface area contributed by atoms with Crippen LogP contribution in [0.2, 0.25) is 0 Å². The number of aromatic nitrogens is 2. The van der Waals surface area contributed by atoms with Crippen molar-refractivity contribution in [3.05, 3.63) is 36.3 Å². The maximum absolute atomic E-state index is 4.70. The Labute approximate surface area is 114 Å². The van der Waals surface area contributed by atoms with E-state index in [-0.39, 0.29) is 5.54 Å². The van der Waals surface area contributed by atoms with Crippen molar-refractivity contribution in [3.8, 4) is 0 Å². The summed E-state index contributed by atoms with van der Waals surface area (Å²) in [5.41, 5.74) is 2.36. The van der Waals surface area contributed by atoms with Crippen LogP contribution in [0.3, 0.4) is 0 Å². The average molecular weight is 258 g/mol.